The summed E-state index contributed by atoms with van der Waals surface area (Å²) in [5.41, 5.74) is -2.06. The van der Waals surface area contributed by atoms with Gasteiger partial charge >= 0.3 is 12.1 Å². The van der Waals surface area contributed by atoms with E-state index in [1.807, 2.05) is 0 Å². The molecule has 0 aromatic heterocycles. The Hall–Kier alpha value is -1.43. The number of hydrogen-bond acceptors (Lipinski definition) is 2. The predicted octanol–water partition coefficient (Wildman–Crippen LogP) is 4.02. The van der Waals surface area contributed by atoms with Crippen LogP contribution < -0.4 is 4.74 Å². The maximum Gasteiger partial charge on any atom is 0.416 e. The van der Waals surface area contributed by atoms with Crippen LogP contribution in [0.1, 0.15) is 25.0 Å². The Labute approximate surface area is 119 Å². The topological polar surface area (TPSA) is 46.5 Å². The van der Waals surface area contributed by atoms with Gasteiger partial charge in [-0.2, -0.15) is 13.2 Å². The fourth-order valence-electron chi connectivity index (χ4n) is 1.73. The Morgan fingerprint density at radius 2 is 1.90 bits per heavy atom. The van der Waals surface area contributed by atoms with E-state index in [-0.39, 0.29) is 22.8 Å². The molecule has 0 fully saturated rings. The minimum atomic E-state index is -4.56. The number of benzene rings is 1. The highest BCUT2D eigenvalue weighted by molar-refractivity contribution is 6.32. The van der Waals surface area contributed by atoms with E-state index in [1.54, 1.807) is 0 Å². The lowest BCUT2D eigenvalue weighted by molar-refractivity contribution is -0.146. The molecule has 0 spiro atoms. The molecule has 0 atom stereocenters. The number of ether oxygens (including phenoxy) is 1. The van der Waals surface area contributed by atoms with Gasteiger partial charge in [-0.05, 0) is 38.0 Å². The third kappa shape index (κ3) is 3.56. The monoisotopic (exact) mass is 310 g/mol. The average Bonchev–Trinajstić information content (AvgIpc) is 2.26. The van der Waals surface area contributed by atoms with Crippen molar-refractivity contribution >= 4 is 17.6 Å². The van der Waals surface area contributed by atoms with Crippen LogP contribution in [0.4, 0.5) is 13.2 Å². The molecular formula is C13H14ClF3O3. The summed E-state index contributed by atoms with van der Waals surface area (Å²) in [6.07, 6.45) is -4.69. The van der Waals surface area contributed by atoms with E-state index in [0.717, 1.165) is 12.1 Å². The highest BCUT2D eigenvalue weighted by Gasteiger charge is 2.34. The Bertz CT molecular complexity index is 524. The average molecular weight is 311 g/mol. The van der Waals surface area contributed by atoms with Gasteiger partial charge < -0.3 is 9.84 Å². The first kappa shape index (κ1) is 16.6. The maximum atomic E-state index is 12.8. The Balaban J connectivity index is 3.36. The first-order valence-corrected chi connectivity index (χ1v) is 6.04. The molecule has 0 amide bonds. The SMILES string of the molecule is COc1c(Cl)cc(C(F)(F)F)cc1CC(C)(C)C(=O)O. The molecule has 3 nitrogen and oxygen atoms in total. The van der Waals surface area contributed by atoms with E-state index in [9.17, 15) is 18.0 Å². The van der Waals surface area contributed by atoms with Crippen molar-refractivity contribution in [2.45, 2.75) is 26.4 Å². The summed E-state index contributed by atoms with van der Waals surface area (Å²) in [5.74, 6) is -1.05. The molecule has 20 heavy (non-hydrogen) atoms. The smallest absolute Gasteiger partial charge is 0.416 e. The lowest BCUT2D eigenvalue weighted by atomic mass is 9.85. The van der Waals surface area contributed by atoms with Gasteiger partial charge in [-0.15, -0.1) is 0 Å². The summed E-state index contributed by atoms with van der Waals surface area (Å²) in [5, 5.41) is 8.87. The van der Waals surface area contributed by atoms with Crippen molar-refractivity contribution < 1.29 is 27.8 Å². The molecule has 0 bridgehead atoms. The fraction of sp³-hybridized carbons (Fsp3) is 0.462. The van der Waals surface area contributed by atoms with E-state index < -0.39 is 23.1 Å². The van der Waals surface area contributed by atoms with Gasteiger partial charge in [0.2, 0.25) is 0 Å². The van der Waals surface area contributed by atoms with Crippen molar-refractivity contribution in [3.63, 3.8) is 0 Å². The molecule has 0 saturated heterocycles. The lowest BCUT2D eigenvalue weighted by Gasteiger charge is -2.22. The second-order valence-corrected chi connectivity index (χ2v) is 5.42. The van der Waals surface area contributed by atoms with Crippen molar-refractivity contribution in [3.8, 4) is 5.75 Å². The van der Waals surface area contributed by atoms with E-state index in [1.165, 1.54) is 21.0 Å². The summed E-state index contributed by atoms with van der Waals surface area (Å²) in [6, 6.07) is 1.63. The minimum absolute atomic E-state index is 0.0639. The van der Waals surface area contributed by atoms with Crippen molar-refractivity contribution in [1.82, 2.24) is 0 Å². The molecule has 0 saturated carbocycles. The number of rotatable bonds is 4. The Morgan fingerprint density at radius 3 is 2.30 bits per heavy atom. The van der Waals surface area contributed by atoms with Gasteiger partial charge in [0, 0.05) is 0 Å². The number of aliphatic carboxylic acids is 1. The van der Waals surface area contributed by atoms with Crippen molar-refractivity contribution in [1.29, 1.82) is 0 Å². The number of carboxylic acid groups (broad SMARTS) is 1. The first-order chi connectivity index (χ1) is 8.99. The van der Waals surface area contributed by atoms with Crippen LogP contribution in [0, 0.1) is 5.41 Å². The molecule has 0 heterocycles. The predicted molar refractivity (Wildman–Crippen MR) is 68.1 cm³/mol. The molecule has 1 aromatic carbocycles. The van der Waals surface area contributed by atoms with Crippen LogP contribution in [0.2, 0.25) is 5.02 Å². The van der Waals surface area contributed by atoms with Crippen LogP contribution in [-0.4, -0.2) is 18.2 Å². The van der Waals surface area contributed by atoms with Gasteiger partial charge in [-0.25, -0.2) is 0 Å². The first-order valence-electron chi connectivity index (χ1n) is 5.66. The van der Waals surface area contributed by atoms with E-state index >= 15 is 0 Å². The van der Waals surface area contributed by atoms with Gasteiger partial charge in [0.05, 0.1) is 23.1 Å². The van der Waals surface area contributed by atoms with Crippen LogP contribution >= 0.6 is 11.6 Å². The number of halogens is 4. The highest BCUT2D eigenvalue weighted by Crippen LogP contribution is 2.39. The minimum Gasteiger partial charge on any atom is -0.495 e. The second kappa shape index (κ2) is 5.52. The van der Waals surface area contributed by atoms with Crippen LogP contribution in [-0.2, 0) is 17.4 Å². The van der Waals surface area contributed by atoms with Crippen LogP contribution in [0.3, 0.4) is 0 Å². The summed E-state index contributed by atoms with van der Waals surface area (Å²) in [4.78, 5) is 11.1. The normalized spacial score (nSPS) is 12.3. The molecule has 1 N–H and O–H groups in total. The summed E-state index contributed by atoms with van der Waals surface area (Å²) >= 11 is 5.78. The third-order valence-corrected chi connectivity index (χ3v) is 3.14. The molecule has 1 aromatic rings. The molecule has 7 heteroatoms. The standard InChI is InChI=1S/C13H14ClF3O3/c1-12(2,11(18)19)6-7-4-8(13(15,16)17)5-9(14)10(7)20-3/h4-5H,6H2,1-3H3,(H,18,19). The number of carbonyl (C=O) groups is 1. The maximum absolute atomic E-state index is 12.8. The molecule has 0 aliphatic carbocycles. The zero-order chi connectivity index (χ0) is 15.7. The Morgan fingerprint density at radius 1 is 1.35 bits per heavy atom. The van der Waals surface area contributed by atoms with Crippen molar-refractivity contribution in [3.05, 3.63) is 28.3 Å². The van der Waals surface area contributed by atoms with Gasteiger partial charge in [0.15, 0.2) is 0 Å². The molecule has 0 aliphatic heterocycles. The molecule has 0 unspecified atom stereocenters. The number of alkyl halides is 3. The fourth-order valence-corrected chi connectivity index (χ4v) is 2.04. The largest absolute Gasteiger partial charge is 0.495 e. The van der Waals surface area contributed by atoms with Gasteiger partial charge in [0.25, 0.3) is 0 Å². The molecule has 0 aliphatic rings. The summed E-state index contributed by atoms with van der Waals surface area (Å²) < 4.78 is 43.3. The molecule has 1 rings (SSSR count). The number of methoxy groups -OCH3 is 1. The zero-order valence-corrected chi connectivity index (χ0v) is 11.9. The quantitative estimate of drug-likeness (QED) is 0.913. The number of carboxylic acids is 1. The molecule has 0 radical (unpaired) electrons. The van der Waals surface area contributed by atoms with Gasteiger partial charge in [-0.1, -0.05) is 11.6 Å². The van der Waals surface area contributed by atoms with Crippen LogP contribution in [0.25, 0.3) is 0 Å². The van der Waals surface area contributed by atoms with Crippen LogP contribution in [0.5, 0.6) is 5.75 Å². The van der Waals surface area contributed by atoms with Crippen LogP contribution in [0.15, 0.2) is 12.1 Å². The summed E-state index contributed by atoms with van der Waals surface area (Å²) in [7, 11) is 1.27. The second-order valence-electron chi connectivity index (χ2n) is 5.01. The van der Waals surface area contributed by atoms with E-state index in [4.69, 9.17) is 21.4 Å². The van der Waals surface area contributed by atoms with Crippen molar-refractivity contribution in [2.24, 2.45) is 5.41 Å². The van der Waals surface area contributed by atoms with Crippen molar-refractivity contribution in [2.75, 3.05) is 7.11 Å². The third-order valence-electron chi connectivity index (χ3n) is 2.86. The Kier molecular flexibility index (Phi) is 4.59. The van der Waals surface area contributed by atoms with Gasteiger partial charge in [-0.3, -0.25) is 4.79 Å². The molecular weight excluding hydrogens is 297 g/mol. The van der Waals surface area contributed by atoms with E-state index in [0.29, 0.717) is 0 Å². The summed E-state index contributed by atoms with van der Waals surface area (Å²) in [6.45, 7) is 2.84. The van der Waals surface area contributed by atoms with Gasteiger partial charge in [0.1, 0.15) is 5.75 Å². The van der Waals surface area contributed by atoms with E-state index in [2.05, 4.69) is 0 Å². The lowest BCUT2D eigenvalue weighted by Crippen LogP contribution is -2.26. The zero-order valence-electron chi connectivity index (χ0n) is 11.1. The highest BCUT2D eigenvalue weighted by atomic mass is 35.5. The molecule has 112 valence electrons. The number of hydrogen-bond donors (Lipinski definition) is 1.